The maximum absolute atomic E-state index is 6.52. The number of hydrogen-bond acceptors (Lipinski definition) is 4. The molecule has 0 saturated heterocycles. The molecule has 0 aliphatic heterocycles. The van der Waals surface area contributed by atoms with Gasteiger partial charge in [-0.25, -0.2) is 15.0 Å². The van der Waals surface area contributed by atoms with Crippen LogP contribution in [0.5, 0.6) is 0 Å². The van der Waals surface area contributed by atoms with Gasteiger partial charge in [0, 0.05) is 33.0 Å². The first-order valence-electron chi connectivity index (χ1n) is 21.1. The van der Waals surface area contributed by atoms with Gasteiger partial charge in [0.25, 0.3) is 0 Å². The Bertz CT molecular complexity index is 3560. The lowest BCUT2D eigenvalue weighted by atomic mass is 9.70. The molecule has 2 aliphatic carbocycles. The van der Waals surface area contributed by atoms with Crippen molar-refractivity contribution >= 4 is 21.9 Å². The third kappa shape index (κ3) is 4.98. The first-order valence-corrected chi connectivity index (χ1v) is 21.1. The van der Waals surface area contributed by atoms with Gasteiger partial charge < -0.3 is 4.42 Å². The molecule has 1 spiro atoms. The van der Waals surface area contributed by atoms with Crippen LogP contribution >= 0.6 is 0 Å². The van der Waals surface area contributed by atoms with Gasteiger partial charge in [0.2, 0.25) is 0 Å². The highest BCUT2D eigenvalue weighted by molar-refractivity contribution is 6.10. The van der Waals surface area contributed by atoms with E-state index in [1.807, 2.05) is 36.4 Å². The minimum atomic E-state index is -0.374. The summed E-state index contributed by atoms with van der Waals surface area (Å²) in [7, 11) is 0. The largest absolute Gasteiger partial charge is 0.455 e. The van der Waals surface area contributed by atoms with Gasteiger partial charge >= 0.3 is 0 Å². The minimum Gasteiger partial charge on any atom is -0.455 e. The number of fused-ring (bicyclic) bond motifs is 13. The molecule has 0 bridgehead atoms. The van der Waals surface area contributed by atoms with E-state index >= 15 is 0 Å². The Hall–Kier alpha value is -8.21. The molecule has 288 valence electrons. The van der Waals surface area contributed by atoms with Gasteiger partial charge in [-0.1, -0.05) is 194 Å². The van der Waals surface area contributed by atoms with Crippen LogP contribution in [0.15, 0.2) is 217 Å². The van der Waals surface area contributed by atoms with Crippen LogP contribution in [0.4, 0.5) is 0 Å². The van der Waals surface area contributed by atoms with Crippen molar-refractivity contribution in [2.45, 2.75) is 5.41 Å². The SMILES string of the molecule is c1ccc(-c2nc(-c3cccc(-c4ccc5c(c4)-c4ccccc4C54c5ccccc5-c5ccccc54)c3)nc(-c3ccccc3-c3cccc4c3oc3ccccc34)n2)cc1. The van der Waals surface area contributed by atoms with Crippen LogP contribution in [-0.2, 0) is 5.41 Å². The van der Waals surface area contributed by atoms with Gasteiger partial charge in [0.1, 0.15) is 11.2 Å². The Kier molecular flexibility index (Phi) is 7.49. The molecule has 4 heteroatoms. The number of para-hydroxylation sites is 2. The fraction of sp³-hybridized carbons (Fsp3) is 0.0172. The first kappa shape index (κ1) is 34.6. The Morgan fingerprint density at radius 1 is 0.290 bits per heavy atom. The molecule has 11 aromatic rings. The van der Waals surface area contributed by atoms with E-state index in [0.29, 0.717) is 17.5 Å². The number of furan rings is 1. The minimum absolute atomic E-state index is 0.374. The van der Waals surface area contributed by atoms with E-state index in [-0.39, 0.29) is 5.41 Å². The molecule has 2 aliphatic rings. The van der Waals surface area contributed by atoms with Crippen LogP contribution in [0.25, 0.3) is 101 Å². The molecule has 9 aromatic carbocycles. The number of hydrogen-bond donors (Lipinski definition) is 0. The van der Waals surface area contributed by atoms with E-state index in [4.69, 9.17) is 19.4 Å². The summed E-state index contributed by atoms with van der Waals surface area (Å²) in [6, 6.07) is 75.5. The van der Waals surface area contributed by atoms with Gasteiger partial charge in [-0.3, -0.25) is 0 Å². The normalized spacial score (nSPS) is 13.0. The Labute approximate surface area is 358 Å². The highest BCUT2D eigenvalue weighted by Crippen LogP contribution is 2.63. The summed E-state index contributed by atoms with van der Waals surface area (Å²) in [5.41, 5.74) is 18.8. The van der Waals surface area contributed by atoms with E-state index in [9.17, 15) is 0 Å². The van der Waals surface area contributed by atoms with E-state index in [1.54, 1.807) is 0 Å². The fourth-order valence-electron chi connectivity index (χ4n) is 10.3. The third-order valence-electron chi connectivity index (χ3n) is 13.0. The quantitative estimate of drug-likeness (QED) is 0.174. The van der Waals surface area contributed by atoms with Gasteiger partial charge in [0.05, 0.1) is 5.41 Å². The molecule has 62 heavy (non-hydrogen) atoms. The summed E-state index contributed by atoms with van der Waals surface area (Å²) in [6.45, 7) is 0. The zero-order chi connectivity index (χ0) is 40.8. The molecule has 2 aromatic heterocycles. The van der Waals surface area contributed by atoms with Crippen LogP contribution in [0.3, 0.4) is 0 Å². The maximum atomic E-state index is 6.52. The van der Waals surface area contributed by atoms with Crippen molar-refractivity contribution in [2.75, 3.05) is 0 Å². The van der Waals surface area contributed by atoms with E-state index < -0.39 is 0 Å². The second kappa shape index (κ2) is 13.4. The van der Waals surface area contributed by atoms with Crippen molar-refractivity contribution in [3.8, 4) is 78.7 Å². The molecule has 4 nitrogen and oxygen atoms in total. The standard InChI is InChI=1S/C58H35N3O/c1-2-16-36(17-3-1)55-59-56(61-57(60-55)47-25-5-4-20-40(47)45-26-15-27-46-44-24-9-13-31-53(44)62-54(45)46)39-19-14-18-37(34-39)38-32-33-52-48(35-38)43-23-8-12-30-51(43)58(52)49-28-10-6-21-41(49)42-22-7-11-29-50(42)58/h1-35H. The highest BCUT2D eigenvalue weighted by atomic mass is 16.3. The topological polar surface area (TPSA) is 51.8 Å². The molecule has 13 rings (SSSR count). The summed E-state index contributed by atoms with van der Waals surface area (Å²) >= 11 is 0. The summed E-state index contributed by atoms with van der Waals surface area (Å²) in [5, 5.41) is 2.17. The summed E-state index contributed by atoms with van der Waals surface area (Å²) < 4.78 is 6.52. The van der Waals surface area contributed by atoms with Crippen LogP contribution in [0, 0.1) is 0 Å². The van der Waals surface area contributed by atoms with Crippen LogP contribution in [0.2, 0.25) is 0 Å². The molecule has 0 amide bonds. The Balaban J connectivity index is 0.960. The Morgan fingerprint density at radius 2 is 0.774 bits per heavy atom. The molecule has 2 heterocycles. The lowest BCUT2D eigenvalue weighted by Gasteiger charge is -2.30. The Morgan fingerprint density at radius 3 is 1.52 bits per heavy atom. The highest BCUT2D eigenvalue weighted by Gasteiger charge is 2.51. The second-order valence-corrected chi connectivity index (χ2v) is 16.2. The number of nitrogens with zero attached hydrogens (tertiary/aromatic N) is 3. The average Bonchev–Trinajstić information content (AvgIpc) is 3.98. The van der Waals surface area contributed by atoms with E-state index in [1.165, 1.54) is 44.5 Å². The molecule has 0 fully saturated rings. The molecular formula is C58H35N3O. The van der Waals surface area contributed by atoms with Crippen molar-refractivity contribution in [3.05, 3.63) is 235 Å². The second-order valence-electron chi connectivity index (χ2n) is 16.2. The summed E-state index contributed by atoms with van der Waals surface area (Å²) in [6.07, 6.45) is 0. The number of rotatable bonds is 5. The lowest BCUT2D eigenvalue weighted by molar-refractivity contribution is 0.670. The molecule has 0 radical (unpaired) electrons. The average molecular weight is 790 g/mol. The fourth-order valence-corrected chi connectivity index (χ4v) is 10.3. The lowest BCUT2D eigenvalue weighted by Crippen LogP contribution is -2.25. The van der Waals surface area contributed by atoms with Gasteiger partial charge in [-0.15, -0.1) is 0 Å². The summed E-state index contributed by atoms with van der Waals surface area (Å²) in [4.78, 5) is 15.6. The predicted molar refractivity (Wildman–Crippen MR) is 251 cm³/mol. The zero-order valence-electron chi connectivity index (χ0n) is 33.5. The van der Waals surface area contributed by atoms with Crippen LogP contribution in [0.1, 0.15) is 22.3 Å². The zero-order valence-corrected chi connectivity index (χ0v) is 33.5. The monoisotopic (exact) mass is 789 g/mol. The van der Waals surface area contributed by atoms with Crippen molar-refractivity contribution in [2.24, 2.45) is 0 Å². The molecule has 0 N–H and O–H groups in total. The van der Waals surface area contributed by atoms with Gasteiger partial charge in [-0.2, -0.15) is 0 Å². The van der Waals surface area contributed by atoms with Crippen LogP contribution in [-0.4, -0.2) is 15.0 Å². The van der Waals surface area contributed by atoms with Gasteiger partial charge in [-0.05, 0) is 79.4 Å². The van der Waals surface area contributed by atoms with Crippen molar-refractivity contribution < 1.29 is 4.42 Å². The molecular weight excluding hydrogens is 755 g/mol. The van der Waals surface area contributed by atoms with Crippen molar-refractivity contribution in [3.63, 3.8) is 0 Å². The molecule has 0 saturated carbocycles. The van der Waals surface area contributed by atoms with Crippen LogP contribution < -0.4 is 0 Å². The summed E-state index contributed by atoms with van der Waals surface area (Å²) in [5.74, 6) is 1.82. The molecule has 0 atom stereocenters. The number of aromatic nitrogens is 3. The van der Waals surface area contributed by atoms with E-state index in [0.717, 1.165) is 60.9 Å². The number of benzene rings is 9. The first-order chi connectivity index (χ1) is 30.7. The van der Waals surface area contributed by atoms with Crippen molar-refractivity contribution in [1.82, 2.24) is 15.0 Å². The van der Waals surface area contributed by atoms with Crippen molar-refractivity contribution in [1.29, 1.82) is 0 Å². The molecule has 0 unspecified atom stereocenters. The van der Waals surface area contributed by atoms with Gasteiger partial charge in [0.15, 0.2) is 17.5 Å². The predicted octanol–water partition coefficient (Wildman–Crippen LogP) is 14.4. The van der Waals surface area contributed by atoms with E-state index in [2.05, 4.69) is 176 Å². The smallest absolute Gasteiger partial charge is 0.164 e. The third-order valence-corrected chi connectivity index (χ3v) is 13.0. The maximum Gasteiger partial charge on any atom is 0.164 e.